The summed E-state index contributed by atoms with van der Waals surface area (Å²) in [6, 6.07) is 5.10. The van der Waals surface area contributed by atoms with Crippen molar-refractivity contribution in [3.63, 3.8) is 0 Å². The number of phenols is 1. The minimum Gasteiger partial charge on any atom is -0.507 e. The molecule has 5 nitrogen and oxygen atoms in total. The van der Waals surface area contributed by atoms with Crippen molar-refractivity contribution < 1.29 is 14.4 Å². The zero-order valence-electron chi connectivity index (χ0n) is 11.5. The van der Waals surface area contributed by atoms with Crippen LogP contribution in [-0.4, -0.2) is 17.4 Å². The molecular formula is C14H18N2O3. The van der Waals surface area contributed by atoms with Crippen LogP contribution in [0.5, 0.6) is 11.5 Å². The second kappa shape index (κ2) is 4.50. The molecule has 0 amide bonds. The van der Waals surface area contributed by atoms with Gasteiger partial charge in [0.05, 0.1) is 7.11 Å². The molecule has 0 bridgehead atoms. The predicted molar refractivity (Wildman–Crippen MR) is 73.3 cm³/mol. The number of hydrogen-bond acceptors (Lipinski definition) is 5. The Kier molecular flexibility index (Phi) is 3.14. The molecule has 0 spiro atoms. The van der Waals surface area contributed by atoms with Crippen molar-refractivity contribution in [2.75, 3.05) is 12.8 Å². The molecule has 19 heavy (non-hydrogen) atoms. The number of methoxy groups -OCH3 is 1. The smallest absolute Gasteiger partial charge is 0.222 e. The van der Waals surface area contributed by atoms with Crippen LogP contribution in [0.25, 0.3) is 11.3 Å². The van der Waals surface area contributed by atoms with Crippen molar-refractivity contribution >= 4 is 5.88 Å². The van der Waals surface area contributed by atoms with Crippen LogP contribution in [-0.2, 0) is 5.41 Å². The van der Waals surface area contributed by atoms with Gasteiger partial charge in [0.15, 0.2) is 0 Å². The number of benzene rings is 1. The Morgan fingerprint density at radius 2 is 1.95 bits per heavy atom. The van der Waals surface area contributed by atoms with Crippen LogP contribution in [0.3, 0.4) is 0 Å². The van der Waals surface area contributed by atoms with Crippen LogP contribution >= 0.6 is 0 Å². The molecule has 1 aromatic heterocycles. The first kappa shape index (κ1) is 13.3. The lowest BCUT2D eigenvalue weighted by Gasteiger charge is -2.22. The molecule has 102 valence electrons. The lowest BCUT2D eigenvalue weighted by molar-refractivity contribution is 0.405. The van der Waals surface area contributed by atoms with Crippen molar-refractivity contribution in [1.82, 2.24) is 5.16 Å². The molecule has 0 aliphatic carbocycles. The highest BCUT2D eigenvalue weighted by atomic mass is 16.5. The summed E-state index contributed by atoms with van der Waals surface area (Å²) in [5, 5.41) is 14.3. The molecule has 2 rings (SSSR count). The molecule has 3 N–H and O–H groups in total. The third-order valence-electron chi connectivity index (χ3n) is 2.93. The molecular weight excluding hydrogens is 244 g/mol. The van der Waals surface area contributed by atoms with Gasteiger partial charge in [-0.25, -0.2) is 0 Å². The summed E-state index contributed by atoms with van der Waals surface area (Å²) in [6.07, 6.45) is 0. The van der Waals surface area contributed by atoms with E-state index in [9.17, 15) is 5.11 Å². The second-order valence-electron chi connectivity index (χ2n) is 5.44. The summed E-state index contributed by atoms with van der Waals surface area (Å²) in [5.41, 5.74) is 7.11. The molecule has 0 atom stereocenters. The van der Waals surface area contributed by atoms with E-state index in [1.165, 1.54) is 0 Å². The number of anilines is 1. The van der Waals surface area contributed by atoms with Gasteiger partial charge in [0, 0.05) is 17.2 Å². The Morgan fingerprint density at radius 3 is 2.42 bits per heavy atom. The van der Waals surface area contributed by atoms with Crippen LogP contribution in [0.2, 0.25) is 0 Å². The van der Waals surface area contributed by atoms with E-state index < -0.39 is 0 Å². The summed E-state index contributed by atoms with van der Waals surface area (Å²) in [5.74, 6) is 1.02. The molecule has 0 fully saturated rings. The minimum absolute atomic E-state index is 0.168. The van der Waals surface area contributed by atoms with E-state index in [0.717, 1.165) is 5.56 Å². The lowest BCUT2D eigenvalue weighted by atomic mass is 9.84. The largest absolute Gasteiger partial charge is 0.507 e. The number of nitrogens with two attached hydrogens (primary N) is 1. The molecule has 0 radical (unpaired) electrons. The van der Waals surface area contributed by atoms with Gasteiger partial charge in [0.1, 0.15) is 17.2 Å². The summed E-state index contributed by atoms with van der Waals surface area (Å²) in [7, 11) is 1.58. The van der Waals surface area contributed by atoms with Crippen LogP contribution < -0.4 is 10.5 Å². The SMILES string of the molecule is COc1cc(-c2cc(N)on2)c(O)c(C(C)(C)C)c1. The van der Waals surface area contributed by atoms with Gasteiger partial charge in [-0.05, 0) is 17.5 Å². The maximum atomic E-state index is 10.4. The van der Waals surface area contributed by atoms with Gasteiger partial charge in [0.2, 0.25) is 5.88 Å². The van der Waals surface area contributed by atoms with Gasteiger partial charge in [-0.15, -0.1) is 0 Å². The highest BCUT2D eigenvalue weighted by Crippen LogP contribution is 2.41. The summed E-state index contributed by atoms with van der Waals surface area (Å²) in [4.78, 5) is 0. The zero-order valence-corrected chi connectivity index (χ0v) is 11.5. The predicted octanol–water partition coefficient (Wildman–Crippen LogP) is 2.94. The second-order valence-corrected chi connectivity index (χ2v) is 5.44. The van der Waals surface area contributed by atoms with Gasteiger partial charge >= 0.3 is 0 Å². The Morgan fingerprint density at radius 1 is 1.26 bits per heavy atom. The van der Waals surface area contributed by atoms with E-state index >= 15 is 0 Å². The van der Waals surface area contributed by atoms with Crippen molar-refractivity contribution in [1.29, 1.82) is 0 Å². The summed E-state index contributed by atoms with van der Waals surface area (Å²) >= 11 is 0. The van der Waals surface area contributed by atoms with E-state index in [-0.39, 0.29) is 17.0 Å². The summed E-state index contributed by atoms with van der Waals surface area (Å²) in [6.45, 7) is 6.05. The molecule has 0 saturated carbocycles. The summed E-state index contributed by atoms with van der Waals surface area (Å²) < 4.78 is 10.1. The molecule has 2 aromatic rings. The maximum absolute atomic E-state index is 10.4. The van der Waals surface area contributed by atoms with Crippen LogP contribution in [0.15, 0.2) is 22.7 Å². The Labute approximate surface area is 112 Å². The maximum Gasteiger partial charge on any atom is 0.222 e. The lowest BCUT2D eigenvalue weighted by Crippen LogP contribution is -2.12. The number of aromatic hydroxyl groups is 1. The highest BCUT2D eigenvalue weighted by Gasteiger charge is 2.23. The quantitative estimate of drug-likeness (QED) is 0.869. The average molecular weight is 262 g/mol. The fourth-order valence-electron chi connectivity index (χ4n) is 1.91. The van der Waals surface area contributed by atoms with E-state index in [1.54, 1.807) is 19.2 Å². The molecule has 0 aliphatic rings. The number of aromatic nitrogens is 1. The normalized spacial score (nSPS) is 11.6. The number of ether oxygens (including phenoxy) is 1. The van der Waals surface area contributed by atoms with Crippen LogP contribution in [0.4, 0.5) is 5.88 Å². The Hall–Kier alpha value is -2.17. The number of nitrogens with zero attached hydrogens (tertiary/aromatic N) is 1. The van der Waals surface area contributed by atoms with E-state index in [0.29, 0.717) is 17.0 Å². The number of hydrogen-bond donors (Lipinski definition) is 2. The van der Waals surface area contributed by atoms with Crippen molar-refractivity contribution in [3.8, 4) is 22.8 Å². The van der Waals surface area contributed by atoms with Gasteiger partial charge in [0.25, 0.3) is 0 Å². The average Bonchev–Trinajstić information content (AvgIpc) is 2.74. The molecule has 5 heteroatoms. The Balaban J connectivity index is 2.67. The van der Waals surface area contributed by atoms with Crippen molar-refractivity contribution in [2.45, 2.75) is 26.2 Å². The number of phenolic OH excluding ortho intramolecular Hbond substituents is 1. The van der Waals surface area contributed by atoms with Gasteiger partial charge in [-0.1, -0.05) is 25.9 Å². The van der Waals surface area contributed by atoms with Gasteiger partial charge < -0.3 is 20.1 Å². The Bertz CT molecular complexity index is 597. The molecule has 0 saturated heterocycles. The van der Waals surface area contributed by atoms with E-state index in [4.69, 9.17) is 15.0 Å². The molecule has 0 aliphatic heterocycles. The van der Waals surface area contributed by atoms with E-state index in [2.05, 4.69) is 5.16 Å². The van der Waals surface area contributed by atoms with Gasteiger partial charge in [-0.3, -0.25) is 0 Å². The first-order valence-electron chi connectivity index (χ1n) is 5.97. The molecule has 1 heterocycles. The number of nitrogen functional groups attached to an aromatic ring is 1. The highest BCUT2D eigenvalue weighted by molar-refractivity contribution is 5.72. The molecule has 0 unspecified atom stereocenters. The topological polar surface area (TPSA) is 81.5 Å². The zero-order chi connectivity index (χ0) is 14.2. The first-order valence-corrected chi connectivity index (χ1v) is 5.97. The minimum atomic E-state index is -0.220. The molecule has 1 aromatic carbocycles. The van der Waals surface area contributed by atoms with E-state index in [1.807, 2.05) is 26.8 Å². The monoisotopic (exact) mass is 262 g/mol. The van der Waals surface area contributed by atoms with Crippen molar-refractivity contribution in [3.05, 3.63) is 23.8 Å². The first-order chi connectivity index (χ1) is 8.82. The third-order valence-corrected chi connectivity index (χ3v) is 2.93. The standard InChI is InChI=1S/C14H18N2O3/c1-14(2,3)10-6-8(18-4)5-9(13(10)17)11-7-12(15)19-16-11/h5-7,17H,15H2,1-4H3. The van der Waals surface area contributed by atoms with Crippen molar-refractivity contribution in [2.24, 2.45) is 0 Å². The number of rotatable bonds is 2. The third kappa shape index (κ3) is 2.50. The fourth-order valence-corrected chi connectivity index (χ4v) is 1.91. The fraction of sp³-hybridized carbons (Fsp3) is 0.357. The van der Waals surface area contributed by atoms with Gasteiger partial charge in [-0.2, -0.15) is 0 Å². The van der Waals surface area contributed by atoms with Crippen LogP contribution in [0.1, 0.15) is 26.3 Å². The van der Waals surface area contributed by atoms with Crippen LogP contribution in [0, 0.1) is 0 Å².